The van der Waals surface area contributed by atoms with Crippen LogP contribution in [0.15, 0.2) is 47.5 Å². The lowest BCUT2D eigenvalue weighted by atomic mass is 10.1. The predicted octanol–water partition coefficient (Wildman–Crippen LogP) is 3.22. The van der Waals surface area contributed by atoms with Crippen LogP contribution in [0.25, 0.3) is 11.0 Å². The van der Waals surface area contributed by atoms with Crippen molar-refractivity contribution in [2.45, 2.75) is 26.7 Å². The number of para-hydroxylation sites is 2. The average molecular weight is 380 g/mol. The van der Waals surface area contributed by atoms with Crippen LogP contribution in [-0.2, 0) is 12.8 Å². The highest BCUT2D eigenvalue weighted by Crippen LogP contribution is 2.19. The van der Waals surface area contributed by atoms with E-state index >= 15 is 0 Å². The van der Waals surface area contributed by atoms with E-state index in [4.69, 9.17) is 4.74 Å². The number of aromatic amines is 1. The summed E-state index contributed by atoms with van der Waals surface area (Å²) in [5.41, 5.74) is 4.51. The lowest BCUT2D eigenvalue weighted by Gasteiger charge is -2.13. The van der Waals surface area contributed by atoms with Gasteiger partial charge in [-0.2, -0.15) is 0 Å². The highest BCUT2D eigenvalue weighted by Gasteiger charge is 2.05. The summed E-state index contributed by atoms with van der Waals surface area (Å²) in [7, 11) is 1.71. The maximum Gasteiger partial charge on any atom is 0.191 e. The van der Waals surface area contributed by atoms with Gasteiger partial charge in [0.1, 0.15) is 11.6 Å². The van der Waals surface area contributed by atoms with Crippen LogP contribution >= 0.6 is 0 Å². The van der Waals surface area contributed by atoms with Gasteiger partial charge in [0.05, 0.1) is 18.1 Å². The molecule has 0 amide bonds. The molecule has 148 valence electrons. The molecular formula is C22H29N5O. The third-order valence-electron chi connectivity index (χ3n) is 4.52. The van der Waals surface area contributed by atoms with Crippen molar-refractivity contribution in [1.29, 1.82) is 0 Å². The molecule has 3 rings (SSSR count). The van der Waals surface area contributed by atoms with Gasteiger partial charge in [-0.3, -0.25) is 4.99 Å². The molecule has 6 heteroatoms. The second kappa shape index (κ2) is 9.78. The van der Waals surface area contributed by atoms with Crippen LogP contribution in [0.2, 0.25) is 0 Å². The molecule has 0 aliphatic carbocycles. The Morgan fingerprint density at radius 3 is 2.79 bits per heavy atom. The number of guanidine groups is 1. The zero-order valence-electron chi connectivity index (χ0n) is 16.9. The molecule has 2 aromatic carbocycles. The van der Waals surface area contributed by atoms with Crippen LogP contribution in [-0.4, -0.2) is 42.7 Å². The van der Waals surface area contributed by atoms with E-state index < -0.39 is 0 Å². The second-order valence-electron chi connectivity index (χ2n) is 6.70. The molecule has 0 atom stereocenters. The standard InChI is InChI=1S/C22H29N5O/c1-4-23-22(24-13-11-17-15-16(2)9-10-20(17)28-3)25-14-12-21-26-18-7-5-6-8-19(18)27-21/h5-10,15H,4,11-14H2,1-3H3,(H,26,27)(H2,23,24,25). The smallest absolute Gasteiger partial charge is 0.191 e. The Hall–Kier alpha value is -3.02. The summed E-state index contributed by atoms with van der Waals surface area (Å²) in [6.45, 7) is 6.45. The molecule has 0 unspecified atom stereocenters. The van der Waals surface area contributed by atoms with Gasteiger partial charge >= 0.3 is 0 Å². The number of nitrogens with one attached hydrogen (secondary N) is 3. The summed E-state index contributed by atoms with van der Waals surface area (Å²) < 4.78 is 5.46. The number of imidazole rings is 1. The van der Waals surface area contributed by atoms with Gasteiger partial charge in [-0.1, -0.05) is 29.8 Å². The Kier molecular flexibility index (Phi) is 6.89. The lowest BCUT2D eigenvalue weighted by molar-refractivity contribution is 0.409. The molecule has 6 nitrogen and oxygen atoms in total. The van der Waals surface area contributed by atoms with Crippen LogP contribution in [0, 0.1) is 6.92 Å². The molecule has 0 aliphatic rings. The fourth-order valence-electron chi connectivity index (χ4n) is 3.16. The number of fused-ring (bicyclic) bond motifs is 1. The molecule has 3 aromatic rings. The van der Waals surface area contributed by atoms with Crippen LogP contribution in [0.3, 0.4) is 0 Å². The van der Waals surface area contributed by atoms with Crippen molar-refractivity contribution in [3.8, 4) is 5.75 Å². The maximum absolute atomic E-state index is 5.46. The van der Waals surface area contributed by atoms with Gasteiger partial charge in [-0.15, -0.1) is 0 Å². The van der Waals surface area contributed by atoms with E-state index in [0.29, 0.717) is 6.54 Å². The van der Waals surface area contributed by atoms with Crippen molar-refractivity contribution in [2.24, 2.45) is 4.99 Å². The van der Waals surface area contributed by atoms with Gasteiger partial charge in [-0.25, -0.2) is 4.98 Å². The molecule has 3 N–H and O–H groups in total. The number of nitrogens with zero attached hydrogens (tertiary/aromatic N) is 2. The molecule has 0 saturated heterocycles. The molecule has 28 heavy (non-hydrogen) atoms. The van der Waals surface area contributed by atoms with Crippen LogP contribution in [0.5, 0.6) is 5.75 Å². The molecule has 0 spiro atoms. The maximum atomic E-state index is 5.46. The van der Waals surface area contributed by atoms with Crippen LogP contribution in [0.4, 0.5) is 0 Å². The quantitative estimate of drug-likeness (QED) is 0.415. The van der Waals surface area contributed by atoms with E-state index in [1.54, 1.807) is 7.11 Å². The zero-order valence-corrected chi connectivity index (χ0v) is 16.9. The molecule has 0 radical (unpaired) electrons. The first kappa shape index (κ1) is 19.7. The molecular weight excluding hydrogens is 350 g/mol. The van der Waals surface area contributed by atoms with Crippen molar-refractivity contribution in [3.63, 3.8) is 0 Å². The zero-order chi connectivity index (χ0) is 19.8. The fourth-order valence-corrected chi connectivity index (χ4v) is 3.16. The highest BCUT2D eigenvalue weighted by atomic mass is 16.5. The second-order valence-corrected chi connectivity index (χ2v) is 6.70. The number of hydrogen-bond acceptors (Lipinski definition) is 3. The lowest BCUT2D eigenvalue weighted by Crippen LogP contribution is -2.38. The molecule has 0 saturated carbocycles. The van der Waals surface area contributed by atoms with E-state index in [1.165, 1.54) is 11.1 Å². The average Bonchev–Trinajstić information content (AvgIpc) is 3.11. The Morgan fingerprint density at radius 2 is 2.00 bits per heavy atom. The van der Waals surface area contributed by atoms with Crippen LogP contribution in [0.1, 0.15) is 23.9 Å². The summed E-state index contributed by atoms with van der Waals surface area (Å²) in [6.07, 6.45) is 1.65. The minimum Gasteiger partial charge on any atom is -0.496 e. The summed E-state index contributed by atoms with van der Waals surface area (Å²) in [4.78, 5) is 12.6. The number of H-pyrrole nitrogens is 1. The Balaban J connectivity index is 1.54. The third kappa shape index (κ3) is 5.25. The van der Waals surface area contributed by atoms with Crippen molar-refractivity contribution in [3.05, 3.63) is 59.4 Å². The van der Waals surface area contributed by atoms with E-state index in [2.05, 4.69) is 51.6 Å². The SMILES string of the molecule is CCNC(=NCCc1nc2ccccc2[nH]1)NCCc1cc(C)ccc1OC. The number of benzene rings is 2. The van der Waals surface area contributed by atoms with Crippen molar-refractivity contribution >= 4 is 17.0 Å². The minimum absolute atomic E-state index is 0.670. The van der Waals surface area contributed by atoms with E-state index in [1.807, 2.05) is 30.3 Å². The number of aryl methyl sites for hydroxylation is 1. The Labute approximate surface area is 166 Å². The number of rotatable bonds is 8. The normalized spacial score (nSPS) is 11.6. The van der Waals surface area contributed by atoms with Gasteiger partial charge < -0.3 is 20.4 Å². The van der Waals surface area contributed by atoms with Gasteiger partial charge in [-0.05, 0) is 44.0 Å². The van der Waals surface area contributed by atoms with Crippen molar-refractivity contribution in [2.75, 3.05) is 26.7 Å². The number of methoxy groups -OCH3 is 1. The highest BCUT2D eigenvalue weighted by molar-refractivity contribution is 5.79. The molecule has 0 fully saturated rings. The first-order valence-electron chi connectivity index (χ1n) is 9.79. The summed E-state index contributed by atoms with van der Waals surface area (Å²) in [5, 5.41) is 6.70. The third-order valence-corrected chi connectivity index (χ3v) is 4.52. The van der Waals surface area contributed by atoms with Gasteiger partial charge in [0.25, 0.3) is 0 Å². The monoisotopic (exact) mass is 379 g/mol. The summed E-state index contributed by atoms with van der Waals surface area (Å²) >= 11 is 0. The summed E-state index contributed by atoms with van der Waals surface area (Å²) in [5.74, 6) is 2.72. The number of aromatic nitrogens is 2. The van der Waals surface area contributed by atoms with Gasteiger partial charge in [0.15, 0.2) is 5.96 Å². The van der Waals surface area contributed by atoms with Crippen LogP contribution < -0.4 is 15.4 Å². The number of aliphatic imine (C=N–C) groups is 1. The number of hydrogen-bond donors (Lipinski definition) is 3. The number of ether oxygens (including phenoxy) is 1. The molecule has 0 bridgehead atoms. The topological polar surface area (TPSA) is 74.3 Å². The first-order chi connectivity index (χ1) is 13.7. The molecule has 1 aromatic heterocycles. The molecule has 1 heterocycles. The van der Waals surface area contributed by atoms with Gasteiger partial charge in [0.2, 0.25) is 0 Å². The van der Waals surface area contributed by atoms with Gasteiger partial charge in [0, 0.05) is 26.1 Å². The Bertz CT molecular complexity index is 899. The van der Waals surface area contributed by atoms with E-state index in [0.717, 1.165) is 54.5 Å². The van der Waals surface area contributed by atoms with E-state index in [-0.39, 0.29) is 0 Å². The largest absolute Gasteiger partial charge is 0.496 e. The minimum atomic E-state index is 0.670. The fraction of sp³-hybridized carbons (Fsp3) is 0.364. The van der Waals surface area contributed by atoms with Crippen molar-refractivity contribution < 1.29 is 4.74 Å². The summed E-state index contributed by atoms with van der Waals surface area (Å²) in [6, 6.07) is 14.3. The Morgan fingerprint density at radius 1 is 1.14 bits per heavy atom. The van der Waals surface area contributed by atoms with Crippen molar-refractivity contribution in [1.82, 2.24) is 20.6 Å². The predicted molar refractivity (Wildman–Crippen MR) is 115 cm³/mol. The van der Waals surface area contributed by atoms with E-state index in [9.17, 15) is 0 Å². The first-order valence-corrected chi connectivity index (χ1v) is 9.79. The molecule has 0 aliphatic heterocycles.